The lowest BCUT2D eigenvalue weighted by molar-refractivity contribution is 0.0579. The highest BCUT2D eigenvalue weighted by atomic mass is 16.5. The third-order valence-corrected chi connectivity index (χ3v) is 3.58. The lowest BCUT2D eigenvalue weighted by atomic mass is 10.1. The zero-order chi connectivity index (χ0) is 15.8. The lowest BCUT2D eigenvalue weighted by Crippen LogP contribution is -2.40. The van der Waals surface area contributed by atoms with Gasteiger partial charge in [-0.2, -0.15) is 0 Å². The number of likely N-dealkylation sites (N-methyl/N-ethyl adjacent to an activating group) is 1. The van der Waals surface area contributed by atoms with Gasteiger partial charge in [-0.25, -0.2) is 0 Å². The van der Waals surface area contributed by atoms with Crippen molar-refractivity contribution in [3.63, 3.8) is 0 Å². The number of nitrogens with one attached hydrogen (secondary N) is 1. The van der Waals surface area contributed by atoms with Crippen LogP contribution in [0.5, 0.6) is 0 Å². The fourth-order valence-corrected chi connectivity index (χ4v) is 2.41. The van der Waals surface area contributed by atoms with Crippen LogP contribution in [-0.2, 0) is 4.74 Å². The van der Waals surface area contributed by atoms with Gasteiger partial charge < -0.3 is 15.0 Å². The number of hydrogen-bond acceptors (Lipinski definition) is 3. The van der Waals surface area contributed by atoms with Gasteiger partial charge >= 0.3 is 0 Å². The van der Waals surface area contributed by atoms with Gasteiger partial charge in [0.15, 0.2) is 0 Å². The summed E-state index contributed by atoms with van der Waals surface area (Å²) in [6.07, 6.45) is 1.08. The standard InChI is InChI=1S/C17H28N2O2/c1-6-10-18-16-9-8-15(11-13(16)3)17(20)19(7-2)14(4)12-21-5/h8-9,11,14,18H,6-7,10,12H2,1-5H3. The van der Waals surface area contributed by atoms with E-state index in [9.17, 15) is 4.79 Å². The van der Waals surface area contributed by atoms with E-state index in [-0.39, 0.29) is 11.9 Å². The van der Waals surface area contributed by atoms with Crippen LogP contribution in [0.15, 0.2) is 18.2 Å². The number of anilines is 1. The predicted molar refractivity (Wildman–Crippen MR) is 88.0 cm³/mol. The Bertz CT molecular complexity index is 460. The number of carbonyl (C=O) groups excluding carboxylic acids is 1. The van der Waals surface area contributed by atoms with Crippen LogP contribution in [0, 0.1) is 6.92 Å². The smallest absolute Gasteiger partial charge is 0.254 e. The number of methoxy groups -OCH3 is 1. The fourth-order valence-electron chi connectivity index (χ4n) is 2.41. The summed E-state index contributed by atoms with van der Waals surface area (Å²) in [6, 6.07) is 5.93. The number of nitrogens with zero attached hydrogens (tertiary/aromatic N) is 1. The molecule has 0 spiro atoms. The third-order valence-electron chi connectivity index (χ3n) is 3.58. The van der Waals surface area contributed by atoms with E-state index >= 15 is 0 Å². The van der Waals surface area contributed by atoms with Gasteiger partial charge in [-0.3, -0.25) is 4.79 Å². The largest absolute Gasteiger partial charge is 0.385 e. The quantitative estimate of drug-likeness (QED) is 0.799. The van der Waals surface area contributed by atoms with Gasteiger partial charge in [-0.15, -0.1) is 0 Å². The zero-order valence-electron chi connectivity index (χ0n) is 13.9. The molecule has 1 amide bonds. The van der Waals surface area contributed by atoms with Crippen molar-refractivity contribution < 1.29 is 9.53 Å². The first-order valence-corrected chi connectivity index (χ1v) is 7.69. The molecule has 0 aliphatic carbocycles. The van der Waals surface area contributed by atoms with Crippen LogP contribution in [-0.4, -0.2) is 43.7 Å². The molecule has 0 aromatic heterocycles. The highest BCUT2D eigenvalue weighted by Gasteiger charge is 2.20. The van der Waals surface area contributed by atoms with Crippen LogP contribution in [0.3, 0.4) is 0 Å². The van der Waals surface area contributed by atoms with Gasteiger partial charge in [0.1, 0.15) is 0 Å². The molecule has 0 fully saturated rings. The second-order valence-electron chi connectivity index (χ2n) is 5.35. The molecule has 4 nitrogen and oxygen atoms in total. The molecule has 1 rings (SSSR count). The van der Waals surface area contributed by atoms with Gasteiger partial charge in [0, 0.05) is 31.5 Å². The SMILES string of the molecule is CCCNc1ccc(C(=O)N(CC)C(C)COC)cc1C. The monoisotopic (exact) mass is 292 g/mol. The van der Waals surface area contributed by atoms with Crippen molar-refractivity contribution >= 4 is 11.6 Å². The number of carbonyl (C=O) groups is 1. The molecule has 0 bridgehead atoms. The van der Waals surface area contributed by atoms with Crippen LogP contribution < -0.4 is 5.32 Å². The minimum atomic E-state index is 0.0622. The Morgan fingerprint density at radius 1 is 1.38 bits per heavy atom. The first-order chi connectivity index (χ1) is 10.0. The van der Waals surface area contributed by atoms with Gasteiger partial charge in [0.25, 0.3) is 5.91 Å². The number of benzene rings is 1. The first kappa shape index (κ1) is 17.5. The van der Waals surface area contributed by atoms with Crippen molar-refractivity contribution in [1.29, 1.82) is 0 Å². The Balaban J connectivity index is 2.88. The normalized spacial score (nSPS) is 12.0. The number of rotatable bonds is 8. The number of aryl methyl sites for hydroxylation is 1. The molecule has 1 N–H and O–H groups in total. The van der Waals surface area contributed by atoms with Crippen LogP contribution in [0.2, 0.25) is 0 Å². The minimum absolute atomic E-state index is 0.0622. The molecule has 118 valence electrons. The third kappa shape index (κ3) is 4.74. The minimum Gasteiger partial charge on any atom is -0.385 e. The van der Waals surface area contributed by atoms with Crippen LogP contribution in [0.25, 0.3) is 0 Å². The summed E-state index contributed by atoms with van der Waals surface area (Å²) >= 11 is 0. The molecule has 0 saturated carbocycles. The summed E-state index contributed by atoms with van der Waals surface area (Å²) in [6.45, 7) is 10.3. The van der Waals surface area contributed by atoms with E-state index in [4.69, 9.17) is 4.74 Å². The predicted octanol–water partition coefficient (Wildman–Crippen LogP) is 3.31. The maximum atomic E-state index is 12.6. The summed E-state index contributed by atoms with van der Waals surface area (Å²) in [4.78, 5) is 14.5. The molecule has 1 unspecified atom stereocenters. The van der Waals surface area contributed by atoms with Crippen LogP contribution >= 0.6 is 0 Å². The Morgan fingerprint density at radius 3 is 2.62 bits per heavy atom. The second kappa shape index (κ2) is 8.67. The molecular weight excluding hydrogens is 264 g/mol. The van der Waals surface area contributed by atoms with Crippen LogP contribution in [0.1, 0.15) is 43.1 Å². The molecule has 1 aromatic rings. The van der Waals surface area contributed by atoms with Crippen molar-refractivity contribution in [1.82, 2.24) is 4.90 Å². The highest BCUT2D eigenvalue weighted by molar-refractivity contribution is 5.95. The molecule has 1 aromatic carbocycles. The van der Waals surface area contributed by atoms with Crippen molar-refractivity contribution in [2.75, 3.05) is 32.1 Å². The zero-order valence-corrected chi connectivity index (χ0v) is 13.9. The van der Waals surface area contributed by atoms with Crippen molar-refractivity contribution in [3.05, 3.63) is 29.3 Å². The van der Waals surface area contributed by atoms with E-state index in [1.807, 2.05) is 43.9 Å². The molecule has 0 aliphatic heterocycles. The van der Waals surface area contributed by atoms with Crippen molar-refractivity contribution in [2.45, 2.75) is 40.2 Å². The molecule has 0 saturated heterocycles. The topological polar surface area (TPSA) is 41.6 Å². The molecule has 0 heterocycles. The summed E-state index contributed by atoms with van der Waals surface area (Å²) in [5.41, 5.74) is 2.94. The average molecular weight is 292 g/mol. The van der Waals surface area contributed by atoms with E-state index in [0.29, 0.717) is 13.2 Å². The Kier molecular flexibility index (Phi) is 7.23. The highest BCUT2D eigenvalue weighted by Crippen LogP contribution is 2.18. The number of hydrogen-bond donors (Lipinski definition) is 1. The summed E-state index contributed by atoms with van der Waals surface area (Å²) in [7, 11) is 1.66. The van der Waals surface area contributed by atoms with Crippen molar-refractivity contribution in [2.24, 2.45) is 0 Å². The molecule has 21 heavy (non-hydrogen) atoms. The summed E-state index contributed by atoms with van der Waals surface area (Å²) in [5.74, 6) is 0.0622. The fraction of sp³-hybridized carbons (Fsp3) is 0.588. The Morgan fingerprint density at radius 2 is 2.10 bits per heavy atom. The molecule has 4 heteroatoms. The van der Waals surface area contributed by atoms with E-state index in [2.05, 4.69) is 12.2 Å². The Labute approximate surface area is 128 Å². The van der Waals surface area contributed by atoms with E-state index < -0.39 is 0 Å². The number of amides is 1. The van der Waals surface area contributed by atoms with E-state index in [1.54, 1.807) is 7.11 Å². The average Bonchev–Trinajstić information content (AvgIpc) is 2.46. The maximum absolute atomic E-state index is 12.6. The van der Waals surface area contributed by atoms with Crippen LogP contribution in [0.4, 0.5) is 5.69 Å². The molecule has 1 atom stereocenters. The molecule has 0 aliphatic rings. The van der Waals surface area contributed by atoms with Gasteiger partial charge in [-0.05, 0) is 51.0 Å². The molecule has 0 radical (unpaired) electrons. The van der Waals surface area contributed by atoms with E-state index in [1.165, 1.54) is 0 Å². The van der Waals surface area contributed by atoms with Crippen molar-refractivity contribution in [3.8, 4) is 0 Å². The van der Waals surface area contributed by atoms with E-state index in [0.717, 1.165) is 29.8 Å². The second-order valence-corrected chi connectivity index (χ2v) is 5.35. The van der Waals surface area contributed by atoms with Gasteiger partial charge in [-0.1, -0.05) is 6.92 Å². The molecular formula is C17H28N2O2. The van der Waals surface area contributed by atoms with Gasteiger partial charge in [0.2, 0.25) is 0 Å². The summed E-state index contributed by atoms with van der Waals surface area (Å²) in [5, 5.41) is 3.37. The maximum Gasteiger partial charge on any atom is 0.254 e. The van der Waals surface area contributed by atoms with Gasteiger partial charge in [0.05, 0.1) is 12.6 Å². The Hall–Kier alpha value is -1.55. The number of ether oxygens (including phenoxy) is 1. The lowest BCUT2D eigenvalue weighted by Gasteiger charge is -2.28. The first-order valence-electron chi connectivity index (χ1n) is 7.69. The summed E-state index contributed by atoms with van der Waals surface area (Å²) < 4.78 is 5.16.